The van der Waals surface area contributed by atoms with E-state index < -0.39 is 22.0 Å². The molecule has 0 aliphatic heterocycles. The quantitative estimate of drug-likeness (QED) is 0.777. The number of benzene rings is 2. The fraction of sp³-hybridized carbons (Fsp3) is 0.235. The van der Waals surface area contributed by atoms with E-state index in [2.05, 4.69) is 5.32 Å². The Bertz CT molecular complexity index is 931. The van der Waals surface area contributed by atoms with Crippen LogP contribution in [-0.4, -0.2) is 27.5 Å². The summed E-state index contributed by atoms with van der Waals surface area (Å²) in [7, 11) is -2.51. The molecule has 1 atom stereocenters. The second-order valence-electron chi connectivity index (χ2n) is 5.57. The van der Waals surface area contributed by atoms with Crippen LogP contribution in [0, 0.1) is 6.92 Å². The number of anilines is 1. The highest BCUT2D eigenvalue weighted by Crippen LogP contribution is 2.28. The molecule has 3 N–H and O–H groups in total. The summed E-state index contributed by atoms with van der Waals surface area (Å²) >= 11 is 5.90. The van der Waals surface area contributed by atoms with E-state index in [1.165, 1.54) is 25.3 Å². The molecule has 0 saturated carbocycles. The van der Waals surface area contributed by atoms with Gasteiger partial charge in [-0.05, 0) is 55.8 Å². The molecule has 0 spiro atoms. The SMILES string of the molecule is COc1ccc(S(N)(=O)=O)cc1NC(=O)C(C)Oc1ccc(Cl)cc1C. The van der Waals surface area contributed by atoms with Gasteiger partial charge >= 0.3 is 0 Å². The number of carbonyl (C=O) groups excluding carboxylic acids is 1. The number of nitrogens with two attached hydrogens (primary N) is 1. The highest BCUT2D eigenvalue weighted by Gasteiger charge is 2.19. The fourth-order valence-corrected chi connectivity index (χ4v) is 2.95. The molecule has 140 valence electrons. The number of sulfonamides is 1. The van der Waals surface area contributed by atoms with Crippen molar-refractivity contribution in [2.24, 2.45) is 5.14 Å². The fourth-order valence-electron chi connectivity index (χ4n) is 2.19. The number of hydrogen-bond acceptors (Lipinski definition) is 5. The van der Waals surface area contributed by atoms with E-state index >= 15 is 0 Å². The third-order valence-corrected chi connectivity index (χ3v) is 4.71. The van der Waals surface area contributed by atoms with Gasteiger partial charge in [0.1, 0.15) is 11.5 Å². The number of carbonyl (C=O) groups is 1. The Kier molecular flexibility index (Phi) is 6.12. The van der Waals surface area contributed by atoms with Crippen molar-refractivity contribution in [3.63, 3.8) is 0 Å². The Balaban J connectivity index is 2.20. The number of amides is 1. The molecule has 0 fully saturated rings. The van der Waals surface area contributed by atoms with Crippen LogP contribution in [0.3, 0.4) is 0 Å². The van der Waals surface area contributed by atoms with Gasteiger partial charge < -0.3 is 14.8 Å². The zero-order chi connectivity index (χ0) is 19.5. The molecular formula is C17H19ClN2O5S. The molecule has 0 radical (unpaired) electrons. The lowest BCUT2D eigenvalue weighted by Gasteiger charge is -2.17. The van der Waals surface area contributed by atoms with Gasteiger partial charge in [0.15, 0.2) is 6.10 Å². The Morgan fingerprint density at radius 1 is 1.19 bits per heavy atom. The molecule has 9 heteroatoms. The first-order valence-corrected chi connectivity index (χ1v) is 9.48. The van der Waals surface area contributed by atoms with E-state index in [1.54, 1.807) is 25.1 Å². The minimum absolute atomic E-state index is 0.143. The predicted molar refractivity (Wildman–Crippen MR) is 99.3 cm³/mol. The van der Waals surface area contributed by atoms with Crippen molar-refractivity contribution >= 4 is 33.2 Å². The third-order valence-electron chi connectivity index (χ3n) is 3.57. The second kappa shape index (κ2) is 7.94. The van der Waals surface area contributed by atoms with Crippen LogP contribution in [-0.2, 0) is 14.8 Å². The van der Waals surface area contributed by atoms with Gasteiger partial charge in [-0.25, -0.2) is 13.6 Å². The summed E-state index contributed by atoms with van der Waals surface area (Å²) in [6.07, 6.45) is -0.849. The molecule has 0 saturated heterocycles. The maximum Gasteiger partial charge on any atom is 0.265 e. The first-order chi connectivity index (χ1) is 12.1. The van der Waals surface area contributed by atoms with Crippen LogP contribution in [0.2, 0.25) is 5.02 Å². The summed E-state index contributed by atoms with van der Waals surface area (Å²) < 4.78 is 33.8. The van der Waals surface area contributed by atoms with E-state index in [-0.39, 0.29) is 10.6 Å². The summed E-state index contributed by atoms with van der Waals surface area (Å²) in [5.74, 6) is 0.326. The van der Waals surface area contributed by atoms with Crippen molar-refractivity contribution < 1.29 is 22.7 Å². The molecule has 0 aromatic heterocycles. The minimum atomic E-state index is -3.92. The minimum Gasteiger partial charge on any atom is -0.495 e. The monoisotopic (exact) mass is 398 g/mol. The Hall–Kier alpha value is -2.29. The summed E-state index contributed by atoms with van der Waals surface area (Å²) in [4.78, 5) is 12.3. The van der Waals surface area contributed by atoms with Gasteiger partial charge in [0.2, 0.25) is 10.0 Å². The van der Waals surface area contributed by atoms with Gasteiger partial charge in [-0.3, -0.25) is 4.79 Å². The number of ether oxygens (including phenoxy) is 2. The van der Waals surface area contributed by atoms with Gasteiger partial charge in [-0.1, -0.05) is 11.6 Å². The number of primary sulfonamides is 1. The second-order valence-corrected chi connectivity index (χ2v) is 7.56. The van der Waals surface area contributed by atoms with Crippen molar-refractivity contribution in [1.29, 1.82) is 0 Å². The topological polar surface area (TPSA) is 108 Å². The molecule has 26 heavy (non-hydrogen) atoms. The molecule has 1 unspecified atom stereocenters. The molecule has 2 aromatic rings. The molecule has 0 aliphatic carbocycles. The molecule has 1 amide bonds. The summed E-state index contributed by atoms with van der Waals surface area (Å²) in [6.45, 7) is 3.38. The first-order valence-electron chi connectivity index (χ1n) is 7.56. The van der Waals surface area contributed by atoms with Gasteiger partial charge in [0.25, 0.3) is 5.91 Å². The number of rotatable bonds is 6. The summed E-state index contributed by atoms with van der Waals surface area (Å²) in [5.41, 5.74) is 0.957. The Labute approximate surface area is 157 Å². The summed E-state index contributed by atoms with van der Waals surface area (Å²) in [6, 6.07) is 8.98. The van der Waals surface area contributed by atoms with Crippen LogP contribution in [0.25, 0.3) is 0 Å². The van der Waals surface area contributed by atoms with E-state index in [4.69, 9.17) is 26.2 Å². The third kappa shape index (κ3) is 4.87. The van der Waals surface area contributed by atoms with E-state index in [0.29, 0.717) is 16.5 Å². The molecule has 0 bridgehead atoms. The van der Waals surface area contributed by atoms with Crippen molar-refractivity contribution in [2.45, 2.75) is 24.8 Å². The molecule has 0 heterocycles. The van der Waals surface area contributed by atoms with Gasteiger partial charge in [-0.15, -0.1) is 0 Å². The van der Waals surface area contributed by atoms with Crippen LogP contribution in [0.1, 0.15) is 12.5 Å². The first kappa shape index (κ1) is 20.0. The van der Waals surface area contributed by atoms with Crippen LogP contribution < -0.4 is 19.9 Å². The van der Waals surface area contributed by atoms with E-state index in [0.717, 1.165) is 5.56 Å². The van der Waals surface area contributed by atoms with Crippen LogP contribution in [0.5, 0.6) is 11.5 Å². The number of methoxy groups -OCH3 is 1. The standard InChI is InChI=1S/C17H19ClN2O5S/c1-10-8-12(18)4-6-15(10)25-11(2)17(21)20-14-9-13(26(19,22)23)5-7-16(14)24-3/h4-9,11H,1-3H3,(H,20,21)(H2,19,22,23). The zero-order valence-corrected chi connectivity index (χ0v) is 16.0. The van der Waals surface area contributed by atoms with Crippen molar-refractivity contribution in [2.75, 3.05) is 12.4 Å². The lowest BCUT2D eigenvalue weighted by atomic mass is 10.2. The van der Waals surface area contributed by atoms with Crippen LogP contribution >= 0.6 is 11.6 Å². The molecule has 2 rings (SSSR count). The predicted octanol–water partition coefficient (Wildman–Crippen LogP) is 2.71. The van der Waals surface area contributed by atoms with Crippen molar-refractivity contribution in [3.05, 3.63) is 47.0 Å². The Morgan fingerprint density at radius 2 is 1.85 bits per heavy atom. The number of hydrogen-bond donors (Lipinski definition) is 2. The van der Waals surface area contributed by atoms with Gasteiger partial charge in [-0.2, -0.15) is 0 Å². The maximum atomic E-state index is 12.4. The number of nitrogens with one attached hydrogen (secondary N) is 1. The van der Waals surface area contributed by atoms with E-state index in [9.17, 15) is 13.2 Å². The normalized spacial score (nSPS) is 12.3. The van der Waals surface area contributed by atoms with Crippen LogP contribution in [0.4, 0.5) is 5.69 Å². The largest absolute Gasteiger partial charge is 0.495 e. The van der Waals surface area contributed by atoms with E-state index in [1.807, 2.05) is 6.92 Å². The molecule has 7 nitrogen and oxygen atoms in total. The lowest BCUT2D eigenvalue weighted by Crippen LogP contribution is -2.30. The average Bonchev–Trinajstić information content (AvgIpc) is 2.56. The van der Waals surface area contributed by atoms with Crippen molar-refractivity contribution in [1.82, 2.24) is 0 Å². The maximum absolute atomic E-state index is 12.4. The van der Waals surface area contributed by atoms with Gasteiger partial charge in [0, 0.05) is 5.02 Å². The average molecular weight is 399 g/mol. The zero-order valence-electron chi connectivity index (χ0n) is 14.4. The van der Waals surface area contributed by atoms with Gasteiger partial charge in [0.05, 0.1) is 17.7 Å². The van der Waals surface area contributed by atoms with Crippen molar-refractivity contribution in [3.8, 4) is 11.5 Å². The Morgan fingerprint density at radius 3 is 2.42 bits per heavy atom. The molecule has 2 aromatic carbocycles. The highest BCUT2D eigenvalue weighted by atomic mass is 35.5. The highest BCUT2D eigenvalue weighted by molar-refractivity contribution is 7.89. The smallest absolute Gasteiger partial charge is 0.265 e. The summed E-state index contributed by atoms with van der Waals surface area (Å²) in [5, 5.41) is 8.28. The molecular weight excluding hydrogens is 380 g/mol. The number of aryl methyl sites for hydroxylation is 1. The van der Waals surface area contributed by atoms with Crippen LogP contribution in [0.15, 0.2) is 41.3 Å². The lowest BCUT2D eigenvalue weighted by molar-refractivity contribution is -0.122. The molecule has 0 aliphatic rings. The number of halogens is 1.